The summed E-state index contributed by atoms with van der Waals surface area (Å²) in [5.41, 5.74) is 8.18. The Morgan fingerprint density at radius 2 is 1.39 bits per heavy atom. The topological polar surface area (TPSA) is 70.6 Å². The van der Waals surface area contributed by atoms with Crippen molar-refractivity contribution in [1.29, 1.82) is 0 Å². The van der Waals surface area contributed by atoms with Crippen molar-refractivity contribution < 1.29 is 9.59 Å². The van der Waals surface area contributed by atoms with Gasteiger partial charge in [-0.15, -0.1) is 0 Å². The van der Waals surface area contributed by atoms with Crippen LogP contribution >= 0.6 is 0 Å². The van der Waals surface area contributed by atoms with Gasteiger partial charge in [-0.05, 0) is 47.7 Å². The first-order valence-corrected chi connectivity index (χ1v) is 10.4. The van der Waals surface area contributed by atoms with Crippen molar-refractivity contribution in [2.45, 2.75) is 33.1 Å². The van der Waals surface area contributed by atoms with Gasteiger partial charge >= 0.3 is 0 Å². The number of hydrazone groups is 1. The number of carbonyl (C=O) groups excluding carboxylic acids is 2. The Kier molecular flexibility index (Phi) is 7.71. The minimum atomic E-state index is -0.220. The number of anilines is 1. The quantitative estimate of drug-likeness (QED) is 0.404. The number of amides is 2. The Balaban J connectivity index is 1.46. The number of benzene rings is 3. The maximum absolute atomic E-state index is 12.2. The molecule has 158 valence electrons. The summed E-state index contributed by atoms with van der Waals surface area (Å²) in [5.74, 6) is -0.390. The van der Waals surface area contributed by atoms with Gasteiger partial charge in [0.25, 0.3) is 0 Å². The van der Waals surface area contributed by atoms with E-state index in [4.69, 9.17) is 0 Å². The van der Waals surface area contributed by atoms with Crippen molar-refractivity contribution in [2.75, 3.05) is 5.32 Å². The maximum atomic E-state index is 12.2. The third-order valence-corrected chi connectivity index (χ3v) is 4.86. The molecular formula is C26H27N3O2. The average molecular weight is 414 g/mol. The molecule has 0 aliphatic heterocycles. The monoisotopic (exact) mass is 413 g/mol. The molecule has 0 saturated heterocycles. The highest BCUT2D eigenvalue weighted by molar-refractivity contribution is 6.05. The molecule has 0 heterocycles. The summed E-state index contributed by atoms with van der Waals surface area (Å²) in [6.07, 6.45) is 1.29. The number of hydrogen-bond donors (Lipinski definition) is 2. The van der Waals surface area contributed by atoms with Crippen LogP contribution in [0.4, 0.5) is 5.69 Å². The Morgan fingerprint density at radius 3 is 2.03 bits per heavy atom. The van der Waals surface area contributed by atoms with Crippen LogP contribution in [0.5, 0.6) is 0 Å². The van der Waals surface area contributed by atoms with E-state index in [0.29, 0.717) is 5.71 Å². The predicted molar refractivity (Wildman–Crippen MR) is 126 cm³/mol. The summed E-state index contributed by atoms with van der Waals surface area (Å²) in [6, 6.07) is 25.7. The summed E-state index contributed by atoms with van der Waals surface area (Å²) in [5, 5.41) is 6.89. The molecule has 0 bridgehead atoms. The van der Waals surface area contributed by atoms with Gasteiger partial charge in [0.2, 0.25) is 11.8 Å². The maximum Gasteiger partial charge on any atom is 0.244 e. The van der Waals surface area contributed by atoms with Crippen LogP contribution in [-0.4, -0.2) is 17.5 Å². The summed E-state index contributed by atoms with van der Waals surface area (Å²) in [6.45, 7) is 3.80. The summed E-state index contributed by atoms with van der Waals surface area (Å²) < 4.78 is 0. The average Bonchev–Trinajstić information content (AvgIpc) is 2.79. The SMILES string of the molecule is CCc1ccc(NC(=O)C/C(C)=N/NC(=O)Cc2ccc(-c3ccccc3)cc2)cc1. The highest BCUT2D eigenvalue weighted by Gasteiger charge is 2.07. The van der Waals surface area contributed by atoms with Gasteiger partial charge in [0.15, 0.2) is 0 Å². The third-order valence-electron chi connectivity index (χ3n) is 4.86. The first kappa shape index (κ1) is 22.0. The van der Waals surface area contributed by atoms with Crippen LogP contribution in [0.15, 0.2) is 84.0 Å². The number of carbonyl (C=O) groups is 2. The van der Waals surface area contributed by atoms with E-state index in [1.165, 1.54) is 5.56 Å². The van der Waals surface area contributed by atoms with Crippen molar-refractivity contribution in [3.05, 3.63) is 90.0 Å². The molecular weight excluding hydrogens is 386 g/mol. The zero-order chi connectivity index (χ0) is 22.1. The van der Waals surface area contributed by atoms with Gasteiger partial charge in [0.1, 0.15) is 0 Å². The highest BCUT2D eigenvalue weighted by atomic mass is 16.2. The normalized spacial score (nSPS) is 11.1. The second-order valence-electron chi connectivity index (χ2n) is 7.40. The molecule has 0 radical (unpaired) electrons. The van der Waals surface area contributed by atoms with E-state index in [9.17, 15) is 9.59 Å². The molecule has 5 nitrogen and oxygen atoms in total. The molecule has 3 rings (SSSR count). The second-order valence-corrected chi connectivity index (χ2v) is 7.40. The van der Waals surface area contributed by atoms with Crippen molar-refractivity contribution in [3.63, 3.8) is 0 Å². The van der Waals surface area contributed by atoms with Gasteiger partial charge in [0, 0.05) is 11.4 Å². The van der Waals surface area contributed by atoms with E-state index in [2.05, 4.69) is 34.9 Å². The van der Waals surface area contributed by atoms with Crippen molar-refractivity contribution in [2.24, 2.45) is 5.10 Å². The minimum Gasteiger partial charge on any atom is -0.326 e. The van der Waals surface area contributed by atoms with Crippen molar-refractivity contribution >= 4 is 23.2 Å². The molecule has 0 fully saturated rings. The van der Waals surface area contributed by atoms with Crippen LogP contribution in [-0.2, 0) is 22.4 Å². The lowest BCUT2D eigenvalue weighted by molar-refractivity contribution is -0.120. The molecule has 0 aliphatic carbocycles. The Hall–Kier alpha value is -3.73. The number of nitrogens with zero attached hydrogens (tertiary/aromatic N) is 1. The van der Waals surface area contributed by atoms with Gasteiger partial charge in [-0.25, -0.2) is 5.43 Å². The minimum absolute atomic E-state index is 0.113. The predicted octanol–water partition coefficient (Wildman–Crippen LogP) is 4.98. The van der Waals surface area contributed by atoms with E-state index < -0.39 is 0 Å². The van der Waals surface area contributed by atoms with Crippen molar-refractivity contribution in [3.8, 4) is 11.1 Å². The number of nitrogens with one attached hydrogen (secondary N) is 2. The van der Waals surface area contributed by atoms with Gasteiger partial charge in [-0.3, -0.25) is 9.59 Å². The Bertz CT molecular complexity index is 1040. The largest absolute Gasteiger partial charge is 0.326 e. The first-order chi connectivity index (χ1) is 15.0. The molecule has 3 aromatic carbocycles. The second kappa shape index (κ2) is 10.9. The zero-order valence-electron chi connectivity index (χ0n) is 17.9. The number of aryl methyl sites for hydroxylation is 1. The lowest BCUT2D eigenvalue weighted by Crippen LogP contribution is -2.22. The van der Waals surface area contributed by atoms with Gasteiger partial charge in [0.05, 0.1) is 12.8 Å². The van der Waals surface area contributed by atoms with Gasteiger partial charge < -0.3 is 5.32 Å². The third kappa shape index (κ3) is 6.93. The van der Waals surface area contributed by atoms with E-state index in [1.807, 2.05) is 66.7 Å². The van der Waals surface area contributed by atoms with E-state index >= 15 is 0 Å². The molecule has 3 aromatic rings. The zero-order valence-corrected chi connectivity index (χ0v) is 17.9. The van der Waals surface area contributed by atoms with Crippen molar-refractivity contribution in [1.82, 2.24) is 5.43 Å². The van der Waals surface area contributed by atoms with Crippen LogP contribution in [0.2, 0.25) is 0 Å². The van der Waals surface area contributed by atoms with E-state index in [-0.39, 0.29) is 24.7 Å². The molecule has 0 aromatic heterocycles. The summed E-state index contributed by atoms with van der Waals surface area (Å²) in [4.78, 5) is 24.3. The molecule has 0 spiro atoms. The summed E-state index contributed by atoms with van der Waals surface area (Å²) >= 11 is 0. The molecule has 0 aliphatic rings. The number of hydrogen-bond acceptors (Lipinski definition) is 3. The van der Waals surface area contributed by atoms with Crippen LogP contribution in [0.1, 0.15) is 31.4 Å². The smallest absolute Gasteiger partial charge is 0.244 e. The van der Waals surface area contributed by atoms with Gasteiger partial charge in [-0.2, -0.15) is 5.10 Å². The molecule has 31 heavy (non-hydrogen) atoms. The molecule has 0 unspecified atom stereocenters. The highest BCUT2D eigenvalue weighted by Crippen LogP contribution is 2.19. The van der Waals surface area contributed by atoms with Crippen LogP contribution in [0, 0.1) is 0 Å². The fourth-order valence-corrected chi connectivity index (χ4v) is 3.13. The van der Waals surface area contributed by atoms with Crippen LogP contribution in [0.3, 0.4) is 0 Å². The Labute approximate surface area is 183 Å². The van der Waals surface area contributed by atoms with E-state index in [0.717, 1.165) is 28.8 Å². The molecule has 0 saturated carbocycles. The molecule has 2 amide bonds. The molecule has 2 N–H and O–H groups in total. The first-order valence-electron chi connectivity index (χ1n) is 10.4. The molecule has 0 atom stereocenters. The number of rotatable bonds is 8. The van der Waals surface area contributed by atoms with Crippen LogP contribution in [0.25, 0.3) is 11.1 Å². The van der Waals surface area contributed by atoms with E-state index in [1.54, 1.807) is 6.92 Å². The standard InChI is InChI=1S/C26H27N3O2/c1-3-20-11-15-24(16-12-20)27-25(30)17-19(2)28-29-26(31)18-21-9-13-23(14-10-21)22-7-5-4-6-8-22/h4-16H,3,17-18H2,1-2H3,(H,27,30)(H,29,31)/b28-19+. The fourth-order valence-electron chi connectivity index (χ4n) is 3.13. The fraction of sp³-hybridized carbons (Fsp3) is 0.192. The van der Waals surface area contributed by atoms with Crippen LogP contribution < -0.4 is 10.7 Å². The molecule has 5 heteroatoms. The van der Waals surface area contributed by atoms with Gasteiger partial charge in [-0.1, -0.05) is 73.7 Å². The lowest BCUT2D eigenvalue weighted by Gasteiger charge is -2.07. The Morgan fingerprint density at radius 1 is 0.774 bits per heavy atom. The lowest BCUT2D eigenvalue weighted by atomic mass is 10.0. The summed E-state index contributed by atoms with van der Waals surface area (Å²) in [7, 11) is 0.